The van der Waals surface area contributed by atoms with E-state index >= 15 is 0 Å². The van der Waals surface area contributed by atoms with Crippen molar-refractivity contribution in [2.24, 2.45) is 0 Å². The second kappa shape index (κ2) is 7.01. The number of aromatic amines is 1. The van der Waals surface area contributed by atoms with Crippen molar-refractivity contribution in [3.05, 3.63) is 69.0 Å². The lowest BCUT2D eigenvalue weighted by molar-refractivity contribution is -0.114. The largest absolute Gasteiger partial charge is 0.358 e. The molecule has 0 bridgehead atoms. The highest BCUT2D eigenvalue weighted by molar-refractivity contribution is 6.34. The van der Waals surface area contributed by atoms with Crippen molar-refractivity contribution >= 4 is 45.7 Å². The van der Waals surface area contributed by atoms with Crippen LogP contribution in [0, 0.1) is 6.92 Å². The van der Waals surface area contributed by atoms with E-state index in [0.29, 0.717) is 32.9 Å². The molecule has 0 aliphatic carbocycles. The molecule has 0 aliphatic heterocycles. The van der Waals surface area contributed by atoms with E-state index in [-0.39, 0.29) is 11.3 Å². The zero-order valence-corrected chi connectivity index (χ0v) is 14.9. The highest BCUT2D eigenvalue weighted by atomic mass is 35.5. The molecular formula is C19H16ClN3O3. The first-order valence-electron chi connectivity index (χ1n) is 7.85. The molecule has 6 nitrogen and oxygen atoms in total. The van der Waals surface area contributed by atoms with Crippen LogP contribution in [0.1, 0.15) is 23.0 Å². The summed E-state index contributed by atoms with van der Waals surface area (Å²) in [6.07, 6.45) is 0. The fraction of sp³-hybridized carbons (Fsp3) is 0.105. The van der Waals surface area contributed by atoms with Crippen LogP contribution in [-0.2, 0) is 4.79 Å². The molecule has 7 heteroatoms. The van der Waals surface area contributed by atoms with Gasteiger partial charge < -0.3 is 15.6 Å². The van der Waals surface area contributed by atoms with Gasteiger partial charge in [-0.1, -0.05) is 11.6 Å². The average Bonchev–Trinajstić information content (AvgIpc) is 2.57. The number of benzene rings is 2. The molecule has 0 atom stereocenters. The summed E-state index contributed by atoms with van der Waals surface area (Å²) < 4.78 is 0. The summed E-state index contributed by atoms with van der Waals surface area (Å²) >= 11 is 6.12. The Hall–Kier alpha value is -3.12. The molecule has 0 radical (unpaired) electrons. The Labute approximate surface area is 154 Å². The van der Waals surface area contributed by atoms with Crippen LogP contribution in [0.5, 0.6) is 0 Å². The number of carbonyl (C=O) groups is 2. The van der Waals surface area contributed by atoms with Crippen LogP contribution < -0.4 is 16.1 Å². The van der Waals surface area contributed by atoms with Gasteiger partial charge in [-0.25, -0.2) is 0 Å². The van der Waals surface area contributed by atoms with Gasteiger partial charge in [-0.2, -0.15) is 0 Å². The molecule has 0 spiro atoms. The molecule has 26 heavy (non-hydrogen) atoms. The summed E-state index contributed by atoms with van der Waals surface area (Å²) in [5.41, 5.74) is 2.46. The smallest absolute Gasteiger partial charge is 0.255 e. The van der Waals surface area contributed by atoms with Crippen LogP contribution in [0.15, 0.2) is 47.3 Å². The Morgan fingerprint density at radius 1 is 1.04 bits per heavy atom. The maximum absolute atomic E-state index is 12.6. The van der Waals surface area contributed by atoms with Gasteiger partial charge in [-0.05, 0) is 43.3 Å². The normalized spacial score (nSPS) is 10.6. The Kier molecular flexibility index (Phi) is 4.77. The quantitative estimate of drug-likeness (QED) is 0.657. The van der Waals surface area contributed by atoms with E-state index in [1.54, 1.807) is 37.3 Å². The fourth-order valence-electron chi connectivity index (χ4n) is 2.62. The van der Waals surface area contributed by atoms with Gasteiger partial charge in [0.05, 0.1) is 10.7 Å². The highest BCUT2D eigenvalue weighted by Gasteiger charge is 2.11. The van der Waals surface area contributed by atoms with Crippen LogP contribution in [0.4, 0.5) is 11.4 Å². The van der Waals surface area contributed by atoms with Crippen molar-refractivity contribution < 1.29 is 9.59 Å². The van der Waals surface area contributed by atoms with E-state index in [9.17, 15) is 14.4 Å². The highest BCUT2D eigenvalue weighted by Crippen LogP contribution is 2.26. The number of hydrogen-bond acceptors (Lipinski definition) is 3. The number of hydrogen-bond donors (Lipinski definition) is 3. The molecule has 0 saturated carbocycles. The summed E-state index contributed by atoms with van der Waals surface area (Å²) in [5, 5.41) is 6.10. The molecule has 0 unspecified atom stereocenters. The van der Waals surface area contributed by atoms with E-state index in [1.165, 1.54) is 19.1 Å². The van der Waals surface area contributed by atoms with Crippen molar-refractivity contribution in [2.45, 2.75) is 13.8 Å². The minimum atomic E-state index is -0.409. The van der Waals surface area contributed by atoms with Crippen LogP contribution in [0.3, 0.4) is 0 Å². The number of halogens is 1. The van der Waals surface area contributed by atoms with E-state index < -0.39 is 5.91 Å². The van der Waals surface area contributed by atoms with Crippen LogP contribution in [0.25, 0.3) is 10.9 Å². The number of aryl methyl sites for hydroxylation is 1. The summed E-state index contributed by atoms with van der Waals surface area (Å²) in [7, 11) is 0. The predicted molar refractivity (Wildman–Crippen MR) is 103 cm³/mol. The van der Waals surface area contributed by atoms with Crippen LogP contribution in [0.2, 0.25) is 5.02 Å². The molecule has 1 aromatic heterocycles. The van der Waals surface area contributed by atoms with Gasteiger partial charge in [0, 0.05) is 40.8 Å². The lowest BCUT2D eigenvalue weighted by Gasteiger charge is -2.10. The van der Waals surface area contributed by atoms with Gasteiger partial charge in [-0.15, -0.1) is 0 Å². The van der Waals surface area contributed by atoms with E-state index in [1.807, 2.05) is 0 Å². The predicted octanol–water partition coefficient (Wildman–Crippen LogP) is 3.70. The maximum Gasteiger partial charge on any atom is 0.255 e. The number of fused-ring (bicyclic) bond motifs is 1. The van der Waals surface area contributed by atoms with Gasteiger partial charge in [-0.3, -0.25) is 14.4 Å². The molecule has 2 amide bonds. The van der Waals surface area contributed by atoms with E-state index in [4.69, 9.17) is 11.6 Å². The third kappa shape index (κ3) is 3.75. The van der Waals surface area contributed by atoms with Gasteiger partial charge in [0.15, 0.2) is 5.43 Å². The number of H-pyrrole nitrogens is 1. The monoisotopic (exact) mass is 369 g/mol. The number of anilines is 2. The first kappa shape index (κ1) is 17.7. The minimum Gasteiger partial charge on any atom is -0.358 e. The molecule has 3 aromatic rings. The Balaban J connectivity index is 1.92. The molecule has 0 saturated heterocycles. The van der Waals surface area contributed by atoms with Crippen molar-refractivity contribution in [3.63, 3.8) is 0 Å². The number of pyridine rings is 1. The van der Waals surface area contributed by atoms with E-state index in [0.717, 1.165) is 5.69 Å². The number of amides is 2. The Morgan fingerprint density at radius 3 is 2.54 bits per heavy atom. The lowest BCUT2D eigenvalue weighted by atomic mass is 10.1. The zero-order valence-electron chi connectivity index (χ0n) is 14.1. The SMILES string of the molecule is CC(=O)Nc1ccc(Cl)c(NC(=O)c2ccc3[nH]c(C)cc(=O)c3c2)c1. The number of nitrogens with one attached hydrogen (secondary N) is 3. The van der Waals surface area contributed by atoms with Crippen LogP contribution >= 0.6 is 11.6 Å². The van der Waals surface area contributed by atoms with Gasteiger partial charge in [0.2, 0.25) is 5.91 Å². The second-order valence-corrected chi connectivity index (χ2v) is 6.31. The first-order valence-corrected chi connectivity index (χ1v) is 8.23. The molecule has 0 fully saturated rings. The maximum atomic E-state index is 12.6. The summed E-state index contributed by atoms with van der Waals surface area (Å²) in [5.74, 6) is -0.637. The summed E-state index contributed by atoms with van der Waals surface area (Å²) in [6.45, 7) is 3.19. The Bertz CT molecular complexity index is 1090. The second-order valence-electron chi connectivity index (χ2n) is 5.91. The van der Waals surface area contributed by atoms with Crippen LogP contribution in [-0.4, -0.2) is 16.8 Å². The molecule has 132 valence electrons. The summed E-state index contributed by atoms with van der Waals surface area (Å²) in [4.78, 5) is 38.9. The molecular weight excluding hydrogens is 354 g/mol. The minimum absolute atomic E-state index is 0.156. The fourth-order valence-corrected chi connectivity index (χ4v) is 2.78. The topological polar surface area (TPSA) is 91.1 Å². The van der Waals surface area contributed by atoms with Crippen molar-refractivity contribution in [1.29, 1.82) is 0 Å². The van der Waals surface area contributed by atoms with Gasteiger partial charge in [0.25, 0.3) is 5.91 Å². The zero-order chi connectivity index (χ0) is 18.8. The molecule has 0 aliphatic rings. The van der Waals surface area contributed by atoms with Gasteiger partial charge >= 0.3 is 0 Å². The summed E-state index contributed by atoms with van der Waals surface area (Å²) in [6, 6.07) is 11.1. The Morgan fingerprint density at radius 2 is 1.81 bits per heavy atom. The number of rotatable bonds is 3. The average molecular weight is 370 g/mol. The first-order chi connectivity index (χ1) is 12.3. The van der Waals surface area contributed by atoms with Gasteiger partial charge in [0.1, 0.15) is 0 Å². The van der Waals surface area contributed by atoms with Crippen molar-refractivity contribution in [1.82, 2.24) is 4.98 Å². The third-order valence-electron chi connectivity index (χ3n) is 3.76. The standard InChI is InChI=1S/C19H16ClN3O3/c1-10-7-18(25)14-8-12(3-6-16(14)21-10)19(26)23-17-9-13(22-11(2)24)4-5-15(17)20/h3-9H,1-2H3,(H,21,25)(H,22,24)(H,23,26). The molecule has 3 N–H and O–H groups in total. The molecule has 3 rings (SSSR count). The lowest BCUT2D eigenvalue weighted by Crippen LogP contribution is -2.14. The molecule has 2 aromatic carbocycles. The van der Waals surface area contributed by atoms with Crippen molar-refractivity contribution in [3.8, 4) is 0 Å². The van der Waals surface area contributed by atoms with E-state index in [2.05, 4.69) is 15.6 Å². The molecule has 1 heterocycles. The third-order valence-corrected chi connectivity index (χ3v) is 4.09. The number of aromatic nitrogens is 1. The van der Waals surface area contributed by atoms with Crippen molar-refractivity contribution in [2.75, 3.05) is 10.6 Å². The number of carbonyl (C=O) groups excluding carboxylic acids is 2.